The topological polar surface area (TPSA) is 106 Å². The molecule has 28 heavy (non-hydrogen) atoms. The minimum atomic E-state index is -3.39. The number of benzene rings is 1. The molecule has 2 atom stereocenters. The predicted octanol–water partition coefficient (Wildman–Crippen LogP) is 2.02. The van der Waals surface area contributed by atoms with Crippen LogP contribution in [0, 0.1) is 0 Å². The number of rotatable bonds is 6. The largest absolute Gasteiger partial charge is 0.467 e. The van der Waals surface area contributed by atoms with Crippen molar-refractivity contribution in [2.45, 2.75) is 32.4 Å². The van der Waals surface area contributed by atoms with Crippen molar-refractivity contribution in [1.82, 2.24) is 5.32 Å². The number of fused-ring (bicyclic) bond motifs is 1. The van der Waals surface area contributed by atoms with Gasteiger partial charge in [-0.3, -0.25) is 9.10 Å². The molecule has 1 aromatic carbocycles. The third-order valence-electron chi connectivity index (χ3n) is 4.51. The number of sulfonamides is 1. The van der Waals surface area contributed by atoms with Crippen LogP contribution in [0.5, 0.6) is 0 Å². The van der Waals surface area contributed by atoms with Crippen molar-refractivity contribution >= 4 is 27.6 Å². The average Bonchev–Trinajstić information content (AvgIpc) is 3.25. The van der Waals surface area contributed by atoms with Crippen LogP contribution in [-0.4, -0.2) is 39.2 Å². The Kier molecular flexibility index (Phi) is 5.46. The molecule has 8 nitrogen and oxygen atoms in total. The zero-order valence-electron chi connectivity index (χ0n) is 15.8. The van der Waals surface area contributed by atoms with Crippen LogP contribution in [-0.2, 0) is 26.0 Å². The SMILES string of the molecule is C[C@H](NC(=O)COC(=O)c1ccc2c(c1)C[C@@H](C)N2S(C)(=O)=O)c1ccco1. The molecule has 0 spiro atoms. The second kappa shape index (κ2) is 7.67. The maximum atomic E-state index is 12.3. The molecule has 0 unspecified atom stereocenters. The van der Waals surface area contributed by atoms with Crippen LogP contribution in [0.4, 0.5) is 5.69 Å². The van der Waals surface area contributed by atoms with Crippen LogP contribution < -0.4 is 9.62 Å². The molecule has 2 aromatic rings. The van der Waals surface area contributed by atoms with Crippen molar-refractivity contribution in [2.75, 3.05) is 17.2 Å². The summed E-state index contributed by atoms with van der Waals surface area (Å²) in [6.45, 7) is 3.14. The number of ether oxygens (including phenoxy) is 1. The maximum absolute atomic E-state index is 12.3. The average molecular weight is 406 g/mol. The lowest BCUT2D eigenvalue weighted by atomic mass is 10.1. The van der Waals surface area contributed by atoms with E-state index in [4.69, 9.17) is 9.15 Å². The Labute approximate surface area is 163 Å². The van der Waals surface area contributed by atoms with E-state index in [9.17, 15) is 18.0 Å². The zero-order chi connectivity index (χ0) is 20.5. The van der Waals surface area contributed by atoms with Crippen molar-refractivity contribution in [1.29, 1.82) is 0 Å². The summed E-state index contributed by atoms with van der Waals surface area (Å²) in [6.07, 6.45) is 3.17. The van der Waals surface area contributed by atoms with Gasteiger partial charge in [-0.15, -0.1) is 0 Å². The molecule has 0 aliphatic carbocycles. The van der Waals surface area contributed by atoms with Gasteiger partial charge >= 0.3 is 5.97 Å². The number of furan rings is 1. The van der Waals surface area contributed by atoms with Crippen LogP contribution >= 0.6 is 0 Å². The molecule has 1 aromatic heterocycles. The fraction of sp³-hybridized carbons (Fsp3) is 0.368. The van der Waals surface area contributed by atoms with E-state index < -0.39 is 28.5 Å². The smallest absolute Gasteiger partial charge is 0.338 e. The molecule has 0 saturated heterocycles. The summed E-state index contributed by atoms with van der Waals surface area (Å²) < 4.78 is 35.5. The number of esters is 1. The molecule has 9 heteroatoms. The Morgan fingerprint density at radius 3 is 2.75 bits per heavy atom. The van der Waals surface area contributed by atoms with Crippen molar-refractivity contribution in [3.05, 3.63) is 53.5 Å². The highest BCUT2D eigenvalue weighted by Crippen LogP contribution is 2.34. The predicted molar refractivity (Wildman–Crippen MR) is 102 cm³/mol. The van der Waals surface area contributed by atoms with E-state index in [1.807, 2.05) is 6.92 Å². The molecule has 0 radical (unpaired) electrons. The van der Waals surface area contributed by atoms with E-state index in [2.05, 4.69) is 5.32 Å². The van der Waals surface area contributed by atoms with Crippen molar-refractivity contribution in [3.63, 3.8) is 0 Å². The van der Waals surface area contributed by atoms with Gasteiger partial charge in [0.25, 0.3) is 5.91 Å². The molecule has 3 rings (SSSR count). The van der Waals surface area contributed by atoms with Gasteiger partial charge in [-0.1, -0.05) is 0 Å². The quantitative estimate of drug-likeness (QED) is 0.736. The zero-order valence-corrected chi connectivity index (χ0v) is 16.7. The number of carbonyl (C=O) groups is 2. The minimum Gasteiger partial charge on any atom is -0.467 e. The van der Waals surface area contributed by atoms with Gasteiger partial charge in [-0.05, 0) is 56.2 Å². The number of nitrogens with one attached hydrogen (secondary N) is 1. The van der Waals surface area contributed by atoms with Gasteiger partial charge in [-0.25, -0.2) is 13.2 Å². The van der Waals surface area contributed by atoms with Gasteiger partial charge in [0.05, 0.1) is 29.8 Å². The lowest BCUT2D eigenvalue weighted by molar-refractivity contribution is -0.125. The Morgan fingerprint density at radius 2 is 2.11 bits per heavy atom. The van der Waals surface area contributed by atoms with Crippen molar-refractivity contribution in [2.24, 2.45) is 0 Å². The van der Waals surface area contributed by atoms with E-state index >= 15 is 0 Å². The number of anilines is 1. The lowest BCUT2D eigenvalue weighted by Crippen LogP contribution is -2.34. The second-order valence-corrected chi connectivity index (χ2v) is 8.70. The van der Waals surface area contributed by atoms with E-state index in [0.717, 1.165) is 11.8 Å². The Morgan fingerprint density at radius 1 is 1.36 bits per heavy atom. The molecular weight excluding hydrogens is 384 g/mol. The number of carbonyl (C=O) groups excluding carboxylic acids is 2. The molecule has 2 heterocycles. The normalized spacial score (nSPS) is 17.1. The molecule has 1 amide bonds. The van der Waals surface area contributed by atoms with Crippen LogP contribution in [0.1, 0.15) is 41.6 Å². The van der Waals surface area contributed by atoms with Crippen LogP contribution in [0.25, 0.3) is 0 Å². The lowest BCUT2D eigenvalue weighted by Gasteiger charge is -2.21. The fourth-order valence-electron chi connectivity index (χ4n) is 3.34. The summed E-state index contributed by atoms with van der Waals surface area (Å²) in [6, 6.07) is 7.61. The monoisotopic (exact) mass is 406 g/mol. The first-order valence-corrected chi connectivity index (χ1v) is 10.6. The highest BCUT2D eigenvalue weighted by Gasteiger charge is 2.33. The third-order valence-corrected chi connectivity index (χ3v) is 5.78. The summed E-state index contributed by atoms with van der Waals surface area (Å²) >= 11 is 0. The van der Waals surface area contributed by atoms with Crippen LogP contribution in [0.3, 0.4) is 0 Å². The number of nitrogens with zero attached hydrogens (tertiary/aromatic N) is 1. The molecule has 150 valence electrons. The van der Waals surface area contributed by atoms with Crippen molar-refractivity contribution in [3.8, 4) is 0 Å². The van der Waals surface area contributed by atoms with Crippen molar-refractivity contribution < 1.29 is 27.2 Å². The molecule has 0 saturated carbocycles. The Balaban J connectivity index is 1.61. The first-order valence-electron chi connectivity index (χ1n) is 8.79. The maximum Gasteiger partial charge on any atom is 0.338 e. The van der Waals surface area contributed by atoms with Gasteiger partial charge < -0.3 is 14.5 Å². The molecular formula is C19H22N2O6S. The van der Waals surface area contributed by atoms with Gasteiger partial charge in [0.2, 0.25) is 10.0 Å². The highest BCUT2D eigenvalue weighted by atomic mass is 32.2. The summed E-state index contributed by atoms with van der Waals surface area (Å²) in [5.74, 6) is -0.493. The number of hydrogen-bond acceptors (Lipinski definition) is 6. The molecule has 1 N–H and O–H groups in total. The van der Waals surface area contributed by atoms with Gasteiger partial charge in [-0.2, -0.15) is 0 Å². The first-order chi connectivity index (χ1) is 13.2. The Bertz CT molecular complexity index is 984. The van der Waals surface area contributed by atoms with Crippen LogP contribution in [0.2, 0.25) is 0 Å². The number of hydrogen-bond donors (Lipinski definition) is 1. The summed E-state index contributed by atoms with van der Waals surface area (Å²) in [5, 5.41) is 2.68. The van der Waals surface area contributed by atoms with Gasteiger partial charge in [0.1, 0.15) is 5.76 Å². The molecule has 1 aliphatic rings. The number of amides is 1. The van der Waals surface area contributed by atoms with E-state index in [-0.39, 0.29) is 17.6 Å². The second-order valence-electron chi connectivity index (χ2n) is 6.84. The molecule has 0 bridgehead atoms. The van der Waals surface area contributed by atoms with Gasteiger partial charge in [0, 0.05) is 6.04 Å². The standard InChI is InChI=1S/C19H22N2O6S/c1-12-9-15-10-14(6-7-16(15)21(12)28(3,24)25)19(23)27-11-18(22)20-13(2)17-5-4-8-26-17/h4-8,10,12-13H,9,11H2,1-3H3,(H,20,22)/t12-,13+/m1/s1. The first kappa shape index (κ1) is 19.9. The summed E-state index contributed by atoms with van der Waals surface area (Å²) in [5.41, 5.74) is 1.59. The van der Waals surface area contributed by atoms with Crippen LogP contribution in [0.15, 0.2) is 41.0 Å². The minimum absolute atomic E-state index is 0.217. The van der Waals surface area contributed by atoms with E-state index in [0.29, 0.717) is 17.9 Å². The van der Waals surface area contributed by atoms with E-state index in [1.165, 1.54) is 16.6 Å². The van der Waals surface area contributed by atoms with E-state index in [1.54, 1.807) is 31.2 Å². The third kappa shape index (κ3) is 4.19. The Hall–Kier alpha value is -2.81. The van der Waals surface area contributed by atoms with Gasteiger partial charge in [0.15, 0.2) is 6.61 Å². The fourth-order valence-corrected chi connectivity index (χ4v) is 4.61. The molecule has 0 fully saturated rings. The molecule has 1 aliphatic heterocycles. The summed E-state index contributed by atoms with van der Waals surface area (Å²) in [7, 11) is -3.39. The summed E-state index contributed by atoms with van der Waals surface area (Å²) in [4.78, 5) is 24.2. The highest BCUT2D eigenvalue weighted by molar-refractivity contribution is 7.92.